The first-order valence-electron chi connectivity index (χ1n) is 8.10. The van der Waals surface area contributed by atoms with Crippen LogP contribution in [0.5, 0.6) is 0 Å². The summed E-state index contributed by atoms with van der Waals surface area (Å²) in [6, 6.07) is 6.62. The summed E-state index contributed by atoms with van der Waals surface area (Å²) in [6.07, 6.45) is 3.03. The molecule has 0 saturated carbocycles. The van der Waals surface area contributed by atoms with Crippen molar-refractivity contribution in [2.75, 3.05) is 31.5 Å². The standard InChI is InChI=1S/C16H24N4O3.ClH/c1-2-11-19(13-7-9-17-10-8-13)12-16(21)18-14-5-3-4-6-15(14)20(22)23;/h3-6,13,17H,2,7-12H2,1H3,(H,18,21);1H. The van der Waals surface area contributed by atoms with Crippen LogP contribution in [0.2, 0.25) is 0 Å². The number of amides is 1. The molecule has 24 heavy (non-hydrogen) atoms. The van der Waals surface area contributed by atoms with Crippen LogP contribution in [0, 0.1) is 10.1 Å². The summed E-state index contributed by atoms with van der Waals surface area (Å²) in [5, 5.41) is 17.0. The van der Waals surface area contributed by atoms with E-state index < -0.39 is 4.92 Å². The molecule has 0 unspecified atom stereocenters. The van der Waals surface area contributed by atoms with Crippen molar-refractivity contribution in [2.45, 2.75) is 32.2 Å². The van der Waals surface area contributed by atoms with Gasteiger partial charge in [-0.3, -0.25) is 19.8 Å². The minimum Gasteiger partial charge on any atom is -0.319 e. The minimum absolute atomic E-state index is 0. The van der Waals surface area contributed by atoms with E-state index in [1.54, 1.807) is 18.2 Å². The predicted molar refractivity (Wildman–Crippen MR) is 96.7 cm³/mol. The molecule has 2 rings (SSSR count). The van der Waals surface area contributed by atoms with Crippen LogP contribution in [-0.2, 0) is 4.79 Å². The highest BCUT2D eigenvalue weighted by Gasteiger charge is 2.23. The quantitative estimate of drug-likeness (QED) is 0.578. The lowest BCUT2D eigenvalue weighted by Crippen LogP contribution is -2.46. The molecule has 134 valence electrons. The van der Waals surface area contributed by atoms with E-state index in [0.29, 0.717) is 6.04 Å². The number of nitro groups is 1. The molecular formula is C16H25ClN4O3. The Morgan fingerprint density at radius 3 is 2.67 bits per heavy atom. The van der Waals surface area contributed by atoms with Crippen molar-refractivity contribution in [1.29, 1.82) is 0 Å². The van der Waals surface area contributed by atoms with Crippen LogP contribution in [0.3, 0.4) is 0 Å². The maximum atomic E-state index is 12.3. The number of anilines is 1. The monoisotopic (exact) mass is 356 g/mol. The molecule has 1 aromatic rings. The number of rotatable bonds is 7. The van der Waals surface area contributed by atoms with Gasteiger partial charge < -0.3 is 10.6 Å². The summed E-state index contributed by atoms with van der Waals surface area (Å²) in [6.45, 7) is 5.15. The lowest BCUT2D eigenvalue weighted by atomic mass is 10.0. The van der Waals surface area contributed by atoms with Gasteiger partial charge in [-0.15, -0.1) is 12.4 Å². The smallest absolute Gasteiger partial charge is 0.292 e. The molecule has 2 N–H and O–H groups in total. The minimum atomic E-state index is -0.480. The molecule has 1 aliphatic heterocycles. The SMILES string of the molecule is CCCN(CC(=O)Nc1ccccc1[N+](=O)[O-])C1CCNCC1.Cl. The molecule has 1 aromatic carbocycles. The zero-order valence-electron chi connectivity index (χ0n) is 13.9. The van der Waals surface area contributed by atoms with E-state index in [2.05, 4.69) is 22.5 Å². The third-order valence-electron chi connectivity index (χ3n) is 4.06. The fraction of sp³-hybridized carbons (Fsp3) is 0.562. The van der Waals surface area contributed by atoms with E-state index >= 15 is 0 Å². The van der Waals surface area contributed by atoms with Crippen LogP contribution >= 0.6 is 12.4 Å². The van der Waals surface area contributed by atoms with Crippen LogP contribution in [0.4, 0.5) is 11.4 Å². The number of nitrogens with zero attached hydrogens (tertiary/aromatic N) is 2. The topological polar surface area (TPSA) is 87.5 Å². The van der Waals surface area contributed by atoms with Crippen LogP contribution in [0.25, 0.3) is 0 Å². The highest BCUT2D eigenvalue weighted by molar-refractivity contribution is 5.94. The highest BCUT2D eigenvalue weighted by Crippen LogP contribution is 2.23. The molecule has 1 amide bonds. The van der Waals surface area contributed by atoms with E-state index in [1.807, 2.05) is 0 Å². The van der Waals surface area contributed by atoms with Crippen LogP contribution < -0.4 is 10.6 Å². The zero-order chi connectivity index (χ0) is 16.7. The Bertz CT molecular complexity index is 550. The first-order valence-corrected chi connectivity index (χ1v) is 8.10. The van der Waals surface area contributed by atoms with Crippen LogP contribution in [-0.4, -0.2) is 48.0 Å². The van der Waals surface area contributed by atoms with Gasteiger partial charge in [-0.2, -0.15) is 0 Å². The summed E-state index contributed by atoms with van der Waals surface area (Å²) < 4.78 is 0. The second kappa shape index (κ2) is 10.2. The molecule has 1 heterocycles. The third-order valence-corrected chi connectivity index (χ3v) is 4.06. The van der Waals surface area contributed by atoms with E-state index in [4.69, 9.17) is 0 Å². The van der Waals surface area contributed by atoms with Crippen molar-refractivity contribution in [3.63, 3.8) is 0 Å². The van der Waals surface area contributed by atoms with Crippen molar-refractivity contribution >= 4 is 29.7 Å². The lowest BCUT2D eigenvalue weighted by Gasteiger charge is -2.33. The number of benzene rings is 1. The van der Waals surface area contributed by atoms with Crippen molar-refractivity contribution < 1.29 is 9.72 Å². The van der Waals surface area contributed by atoms with Crippen molar-refractivity contribution in [1.82, 2.24) is 10.2 Å². The number of piperidine rings is 1. The summed E-state index contributed by atoms with van der Waals surface area (Å²) in [7, 11) is 0. The number of nitro benzene ring substituents is 1. The third kappa shape index (κ3) is 5.74. The molecule has 8 heteroatoms. The average Bonchev–Trinajstić information content (AvgIpc) is 2.55. The van der Waals surface area contributed by atoms with Gasteiger partial charge in [0.05, 0.1) is 11.5 Å². The molecule has 7 nitrogen and oxygen atoms in total. The van der Waals surface area contributed by atoms with Crippen molar-refractivity contribution in [3.8, 4) is 0 Å². The Balaban J connectivity index is 0.00000288. The molecular weight excluding hydrogens is 332 g/mol. The van der Waals surface area contributed by atoms with Gasteiger partial charge in [-0.1, -0.05) is 19.1 Å². The Morgan fingerprint density at radius 2 is 2.04 bits per heavy atom. The van der Waals surface area contributed by atoms with E-state index in [9.17, 15) is 14.9 Å². The first-order chi connectivity index (χ1) is 11.1. The van der Waals surface area contributed by atoms with E-state index in [-0.39, 0.29) is 36.2 Å². The van der Waals surface area contributed by atoms with Gasteiger partial charge in [-0.05, 0) is 45.0 Å². The molecule has 1 saturated heterocycles. The number of carbonyl (C=O) groups excluding carboxylic acids is 1. The normalized spacial score (nSPS) is 14.9. The number of hydrogen-bond acceptors (Lipinski definition) is 5. The Kier molecular flexibility index (Phi) is 8.67. The van der Waals surface area contributed by atoms with Crippen molar-refractivity contribution in [3.05, 3.63) is 34.4 Å². The summed E-state index contributed by atoms with van der Waals surface area (Å²) in [5.74, 6) is -0.203. The van der Waals surface area contributed by atoms with Crippen LogP contribution in [0.15, 0.2) is 24.3 Å². The molecule has 1 fully saturated rings. The molecule has 1 aliphatic rings. The van der Waals surface area contributed by atoms with Gasteiger partial charge >= 0.3 is 0 Å². The molecule has 0 aromatic heterocycles. The number of halogens is 1. The molecule has 0 bridgehead atoms. The number of para-hydroxylation sites is 2. The molecule has 0 spiro atoms. The fourth-order valence-electron chi connectivity index (χ4n) is 2.96. The molecule has 0 atom stereocenters. The van der Waals surface area contributed by atoms with Gasteiger partial charge in [0, 0.05) is 12.1 Å². The summed E-state index contributed by atoms with van der Waals surface area (Å²) >= 11 is 0. The fourth-order valence-corrected chi connectivity index (χ4v) is 2.96. The predicted octanol–water partition coefficient (Wildman–Crippen LogP) is 2.42. The summed E-state index contributed by atoms with van der Waals surface area (Å²) in [4.78, 5) is 25.0. The second-order valence-electron chi connectivity index (χ2n) is 5.77. The highest BCUT2D eigenvalue weighted by atomic mass is 35.5. The first kappa shape index (κ1) is 20.3. The van der Waals surface area contributed by atoms with Crippen molar-refractivity contribution in [2.24, 2.45) is 0 Å². The average molecular weight is 357 g/mol. The van der Waals surface area contributed by atoms with Gasteiger partial charge in [0.1, 0.15) is 5.69 Å². The Hall–Kier alpha value is -1.70. The number of nitrogens with one attached hydrogen (secondary N) is 2. The Morgan fingerprint density at radius 1 is 1.38 bits per heavy atom. The zero-order valence-corrected chi connectivity index (χ0v) is 14.7. The Labute approximate surface area is 148 Å². The number of carbonyl (C=O) groups is 1. The maximum absolute atomic E-state index is 12.3. The lowest BCUT2D eigenvalue weighted by molar-refractivity contribution is -0.383. The number of hydrogen-bond donors (Lipinski definition) is 2. The molecule has 0 aliphatic carbocycles. The van der Waals surface area contributed by atoms with Gasteiger partial charge in [0.15, 0.2) is 0 Å². The second-order valence-corrected chi connectivity index (χ2v) is 5.77. The van der Waals surface area contributed by atoms with E-state index in [0.717, 1.165) is 38.9 Å². The van der Waals surface area contributed by atoms with Crippen LogP contribution in [0.1, 0.15) is 26.2 Å². The van der Waals surface area contributed by atoms with E-state index in [1.165, 1.54) is 6.07 Å². The summed E-state index contributed by atoms with van der Waals surface area (Å²) in [5.41, 5.74) is 0.175. The maximum Gasteiger partial charge on any atom is 0.292 e. The van der Waals surface area contributed by atoms with Gasteiger partial charge in [0.2, 0.25) is 5.91 Å². The van der Waals surface area contributed by atoms with Gasteiger partial charge in [-0.25, -0.2) is 0 Å². The van der Waals surface area contributed by atoms with Gasteiger partial charge in [0.25, 0.3) is 5.69 Å². The largest absolute Gasteiger partial charge is 0.319 e. The molecule has 0 radical (unpaired) electrons.